The van der Waals surface area contributed by atoms with Crippen LogP contribution in [0.5, 0.6) is 0 Å². The van der Waals surface area contributed by atoms with Crippen molar-refractivity contribution in [2.75, 3.05) is 11.1 Å². The van der Waals surface area contributed by atoms with E-state index in [0.29, 0.717) is 12.0 Å². The van der Waals surface area contributed by atoms with Crippen LogP contribution in [-0.4, -0.2) is 21.0 Å². The van der Waals surface area contributed by atoms with Crippen LogP contribution in [0, 0.1) is 0 Å². The Morgan fingerprint density at radius 1 is 1.32 bits per heavy atom. The first-order valence-corrected chi connectivity index (χ1v) is 6.95. The number of pyridine rings is 1. The maximum atomic E-state index is 5.80. The average molecular weight is 257 g/mol. The van der Waals surface area contributed by atoms with E-state index in [-0.39, 0.29) is 0 Å². The van der Waals surface area contributed by atoms with E-state index in [1.807, 2.05) is 12.3 Å². The number of aromatic nitrogens is 3. The predicted octanol–water partition coefficient (Wildman–Crippen LogP) is 2.52. The number of aryl methyl sites for hydroxylation is 1. The third kappa shape index (κ3) is 2.45. The van der Waals surface area contributed by atoms with Gasteiger partial charge in [0, 0.05) is 12.2 Å². The van der Waals surface area contributed by atoms with E-state index >= 15 is 0 Å². The molecule has 1 aliphatic rings. The molecule has 0 spiro atoms. The Kier molecular flexibility index (Phi) is 3.19. The number of fused-ring (bicyclic) bond motifs is 1. The van der Waals surface area contributed by atoms with Crippen molar-refractivity contribution in [1.82, 2.24) is 15.0 Å². The summed E-state index contributed by atoms with van der Waals surface area (Å²) in [6.07, 6.45) is 7.78. The van der Waals surface area contributed by atoms with Crippen LogP contribution >= 0.6 is 0 Å². The molecule has 0 unspecified atom stereocenters. The van der Waals surface area contributed by atoms with Crippen LogP contribution in [0.15, 0.2) is 12.3 Å². The van der Waals surface area contributed by atoms with Crippen molar-refractivity contribution >= 4 is 22.8 Å². The highest BCUT2D eigenvalue weighted by Crippen LogP contribution is 2.25. The minimum absolute atomic E-state index is 0.308. The fourth-order valence-corrected chi connectivity index (χ4v) is 2.64. The number of nitrogens with one attached hydrogen (secondary N) is 1. The molecule has 5 heteroatoms. The van der Waals surface area contributed by atoms with E-state index in [9.17, 15) is 0 Å². The van der Waals surface area contributed by atoms with Crippen LogP contribution in [0.1, 0.15) is 38.2 Å². The van der Waals surface area contributed by atoms with Gasteiger partial charge in [-0.15, -0.1) is 0 Å². The first-order valence-electron chi connectivity index (χ1n) is 6.95. The molecule has 19 heavy (non-hydrogen) atoms. The van der Waals surface area contributed by atoms with Gasteiger partial charge in [-0.2, -0.15) is 4.98 Å². The zero-order chi connectivity index (χ0) is 13.2. The largest absolute Gasteiger partial charge is 0.368 e. The maximum Gasteiger partial charge on any atom is 0.222 e. The molecule has 0 aliphatic heterocycles. The second kappa shape index (κ2) is 4.99. The monoisotopic (exact) mass is 257 g/mol. The minimum atomic E-state index is 0.308. The topological polar surface area (TPSA) is 76.7 Å². The highest BCUT2D eigenvalue weighted by molar-refractivity contribution is 5.86. The first kappa shape index (κ1) is 12.1. The van der Waals surface area contributed by atoms with E-state index in [1.165, 1.54) is 25.7 Å². The Bertz CT molecular complexity index is 590. The van der Waals surface area contributed by atoms with Gasteiger partial charge >= 0.3 is 0 Å². The standard InChI is InChI=1S/C14H19N5/c1-2-9-7-11-12(16-8-9)13(19-14(15)18-11)17-10-5-3-4-6-10/h7-8,10H,2-6H2,1H3,(H3,15,17,18,19). The summed E-state index contributed by atoms with van der Waals surface area (Å²) in [6, 6.07) is 2.53. The predicted molar refractivity (Wildman–Crippen MR) is 77.0 cm³/mol. The van der Waals surface area contributed by atoms with Gasteiger partial charge in [0.2, 0.25) is 5.95 Å². The van der Waals surface area contributed by atoms with Crippen molar-refractivity contribution in [2.24, 2.45) is 0 Å². The number of hydrogen-bond acceptors (Lipinski definition) is 5. The van der Waals surface area contributed by atoms with Gasteiger partial charge in [0.25, 0.3) is 0 Å². The van der Waals surface area contributed by atoms with Gasteiger partial charge < -0.3 is 11.1 Å². The molecular formula is C14H19N5. The molecule has 0 aromatic carbocycles. The highest BCUT2D eigenvalue weighted by Gasteiger charge is 2.17. The lowest BCUT2D eigenvalue weighted by Crippen LogP contribution is -2.17. The Morgan fingerprint density at radius 3 is 2.84 bits per heavy atom. The third-order valence-corrected chi connectivity index (χ3v) is 3.71. The first-order chi connectivity index (χ1) is 9.26. The number of anilines is 2. The summed E-state index contributed by atoms with van der Waals surface area (Å²) in [7, 11) is 0. The second-order valence-electron chi connectivity index (χ2n) is 5.12. The van der Waals surface area contributed by atoms with E-state index in [0.717, 1.165) is 28.8 Å². The van der Waals surface area contributed by atoms with Gasteiger partial charge in [-0.3, -0.25) is 4.98 Å². The molecule has 0 amide bonds. The van der Waals surface area contributed by atoms with Gasteiger partial charge in [0.1, 0.15) is 5.52 Å². The van der Waals surface area contributed by atoms with Gasteiger partial charge in [-0.05, 0) is 30.9 Å². The molecule has 2 aromatic rings. The lowest BCUT2D eigenvalue weighted by molar-refractivity contribution is 0.751. The van der Waals surface area contributed by atoms with Crippen LogP contribution < -0.4 is 11.1 Å². The number of nitrogen functional groups attached to an aromatic ring is 1. The molecule has 1 fully saturated rings. The molecule has 1 saturated carbocycles. The Hall–Kier alpha value is -1.91. The molecule has 2 aromatic heterocycles. The lowest BCUT2D eigenvalue weighted by atomic mass is 10.2. The molecular weight excluding hydrogens is 238 g/mol. The van der Waals surface area contributed by atoms with Crippen molar-refractivity contribution < 1.29 is 0 Å². The summed E-state index contributed by atoms with van der Waals surface area (Å²) >= 11 is 0. The lowest BCUT2D eigenvalue weighted by Gasteiger charge is -2.14. The van der Waals surface area contributed by atoms with E-state index in [1.54, 1.807) is 0 Å². The molecule has 1 aliphatic carbocycles. The molecule has 0 saturated heterocycles. The van der Waals surface area contributed by atoms with Crippen molar-refractivity contribution in [3.63, 3.8) is 0 Å². The SMILES string of the molecule is CCc1cnc2c(NC3CCCC3)nc(N)nc2c1. The Morgan fingerprint density at radius 2 is 2.11 bits per heavy atom. The second-order valence-corrected chi connectivity index (χ2v) is 5.12. The van der Waals surface area contributed by atoms with Crippen molar-refractivity contribution in [3.8, 4) is 0 Å². The van der Waals surface area contributed by atoms with Crippen molar-refractivity contribution in [2.45, 2.75) is 45.1 Å². The fraction of sp³-hybridized carbons (Fsp3) is 0.500. The quantitative estimate of drug-likeness (QED) is 0.883. The highest BCUT2D eigenvalue weighted by atomic mass is 15.1. The maximum absolute atomic E-state index is 5.80. The Balaban J connectivity index is 2.01. The molecule has 0 radical (unpaired) electrons. The molecule has 0 atom stereocenters. The zero-order valence-corrected chi connectivity index (χ0v) is 11.2. The molecule has 3 N–H and O–H groups in total. The summed E-state index contributed by atoms with van der Waals surface area (Å²) in [5, 5.41) is 3.47. The summed E-state index contributed by atoms with van der Waals surface area (Å²) in [6.45, 7) is 2.10. The summed E-state index contributed by atoms with van der Waals surface area (Å²) in [5.74, 6) is 1.08. The number of rotatable bonds is 3. The smallest absolute Gasteiger partial charge is 0.222 e. The van der Waals surface area contributed by atoms with Crippen molar-refractivity contribution in [3.05, 3.63) is 17.8 Å². The van der Waals surface area contributed by atoms with Crippen LogP contribution in [0.4, 0.5) is 11.8 Å². The summed E-state index contributed by atoms with van der Waals surface area (Å²) in [5.41, 5.74) is 8.61. The minimum Gasteiger partial charge on any atom is -0.368 e. The summed E-state index contributed by atoms with van der Waals surface area (Å²) in [4.78, 5) is 13.1. The summed E-state index contributed by atoms with van der Waals surface area (Å²) < 4.78 is 0. The molecule has 3 rings (SSSR count). The number of hydrogen-bond donors (Lipinski definition) is 2. The van der Waals surface area contributed by atoms with Crippen molar-refractivity contribution in [1.29, 1.82) is 0 Å². The fourth-order valence-electron chi connectivity index (χ4n) is 2.64. The third-order valence-electron chi connectivity index (χ3n) is 3.71. The van der Waals surface area contributed by atoms with Gasteiger partial charge in [0.05, 0.1) is 5.52 Å². The molecule has 100 valence electrons. The molecule has 0 bridgehead atoms. The molecule has 5 nitrogen and oxygen atoms in total. The molecule has 2 heterocycles. The zero-order valence-electron chi connectivity index (χ0n) is 11.2. The normalized spacial score (nSPS) is 16.1. The van der Waals surface area contributed by atoms with E-state index in [2.05, 4.69) is 27.2 Å². The van der Waals surface area contributed by atoms with Crippen LogP contribution in [0.25, 0.3) is 11.0 Å². The number of nitrogens with zero attached hydrogens (tertiary/aromatic N) is 3. The van der Waals surface area contributed by atoms with Crippen LogP contribution in [0.3, 0.4) is 0 Å². The van der Waals surface area contributed by atoms with Crippen LogP contribution in [-0.2, 0) is 6.42 Å². The van der Waals surface area contributed by atoms with Gasteiger partial charge in [-0.1, -0.05) is 19.8 Å². The van der Waals surface area contributed by atoms with Gasteiger partial charge in [0.15, 0.2) is 5.82 Å². The van der Waals surface area contributed by atoms with E-state index < -0.39 is 0 Å². The van der Waals surface area contributed by atoms with Crippen LogP contribution in [0.2, 0.25) is 0 Å². The number of nitrogens with two attached hydrogens (primary N) is 1. The van der Waals surface area contributed by atoms with E-state index in [4.69, 9.17) is 5.73 Å². The Labute approximate surface area is 112 Å². The van der Waals surface area contributed by atoms with Gasteiger partial charge in [-0.25, -0.2) is 4.98 Å². The average Bonchev–Trinajstić information content (AvgIpc) is 2.90.